The molecule has 28 heavy (non-hydrogen) atoms. The molecule has 3 aliphatic heterocycles. The number of hydrogen-bond donors (Lipinski definition) is 1. The van der Waals surface area contributed by atoms with Crippen LogP contribution in [0.3, 0.4) is 0 Å². The Morgan fingerprint density at radius 3 is 2.86 bits per heavy atom. The fourth-order valence-corrected chi connectivity index (χ4v) is 5.63. The number of fused-ring (bicyclic) bond motifs is 4. The van der Waals surface area contributed by atoms with Crippen molar-refractivity contribution in [2.24, 2.45) is 11.8 Å². The first-order valence-corrected chi connectivity index (χ1v) is 10.0. The second-order valence-corrected chi connectivity index (χ2v) is 8.04. The number of rotatable bonds is 4. The topological polar surface area (TPSA) is 67.9 Å². The summed E-state index contributed by atoms with van der Waals surface area (Å²) in [7, 11) is 2.95. The number of methoxy groups -OCH3 is 2. The monoisotopic (exact) mass is 384 g/mol. The van der Waals surface area contributed by atoms with Crippen LogP contribution >= 0.6 is 0 Å². The molecule has 0 unspecified atom stereocenters. The highest BCUT2D eigenvalue weighted by molar-refractivity contribution is 6.07. The third kappa shape index (κ3) is 2.65. The van der Waals surface area contributed by atoms with E-state index in [1.807, 2.05) is 18.2 Å². The number of carbonyl (C=O) groups is 2. The van der Waals surface area contributed by atoms with Crippen molar-refractivity contribution < 1.29 is 19.1 Å². The first kappa shape index (κ1) is 19.0. The predicted molar refractivity (Wildman–Crippen MR) is 106 cm³/mol. The van der Waals surface area contributed by atoms with Gasteiger partial charge in [-0.25, -0.2) is 4.79 Å². The number of anilines is 1. The third-order valence-electron chi connectivity index (χ3n) is 6.97. The molecule has 4 atom stereocenters. The number of hydrogen-bond acceptors (Lipinski definition) is 5. The maximum Gasteiger partial charge on any atom is 0.337 e. The van der Waals surface area contributed by atoms with Crippen LogP contribution in [0.15, 0.2) is 36.1 Å². The van der Waals surface area contributed by atoms with Gasteiger partial charge >= 0.3 is 5.97 Å². The molecule has 0 aliphatic carbocycles. The molecular formula is C22H28N2O4. The summed E-state index contributed by atoms with van der Waals surface area (Å²) in [4.78, 5) is 28.1. The first-order valence-electron chi connectivity index (χ1n) is 10.0. The number of nitrogens with one attached hydrogen (secondary N) is 1. The number of nitrogens with zero attached hydrogens (tertiary/aromatic N) is 1. The average molecular weight is 384 g/mol. The van der Waals surface area contributed by atoms with Gasteiger partial charge in [-0.15, -0.1) is 0 Å². The van der Waals surface area contributed by atoms with E-state index >= 15 is 0 Å². The molecular weight excluding hydrogens is 356 g/mol. The SMILES string of the molecule is CC[C@@H]1CN2CC[C@]3(C(=O)Nc4ccccc43)[C@H]2C[C@H]1/C(=C/OC)C(=O)OC. The van der Waals surface area contributed by atoms with Crippen molar-refractivity contribution in [3.8, 4) is 0 Å². The van der Waals surface area contributed by atoms with Crippen LogP contribution in [-0.4, -0.2) is 50.1 Å². The van der Waals surface area contributed by atoms with Gasteiger partial charge in [0.15, 0.2) is 0 Å². The van der Waals surface area contributed by atoms with Crippen LogP contribution in [0.4, 0.5) is 5.69 Å². The fraction of sp³-hybridized carbons (Fsp3) is 0.545. The smallest absolute Gasteiger partial charge is 0.337 e. The number of benzene rings is 1. The first-order chi connectivity index (χ1) is 13.6. The highest BCUT2D eigenvalue weighted by Crippen LogP contribution is 2.53. The molecule has 150 valence electrons. The number of ether oxygens (including phenoxy) is 2. The van der Waals surface area contributed by atoms with Gasteiger partial charge < -0.3 is 14.8 Å². The quantitative estimate of drug-likeness (QED) is 0.491. The van der Waals surface area contributed by atoms with E-state index in [2.05, 4.69) is 23.2 Å². The second kappa shape index (κ2) is 7.24. The second-order valence-electron chi connectivity index (χ2n) is 8.04. The van der Waals surface area contributed by atoms with Gasteiger partial charge in [-0.05, 0) is 42.9 Å². The van der Waals surface area contributed by atoms with Crippen molar-refractivity contribution in [3.63, 3.8) is 0 Å². The summed E-state index contributed by atoms with van der Waals surface area (Å²) in [5.74, 6) is 0.0769. The van der Waals surface area contributed by atoms with Crippen LogP contribution in [0.1, 0.15) is 31.7 Å². The lowest BCUT2D eigenvalue weighted by Crippen LogP contribution is -2.53. The number of carbonyl (C=O) groups excluding carboxylic acids is 2. The van der Waals surface area contributed by atoms with E-state index in [1.54, 1.807) is 7.11 Å². The molecule has 3 heterocycles. The molecule has 0 bridgehead atoms. The zero-order valence-corrected chi connectivity index (χ0v) is 16.7. The lowest BCUT2D eigenvalue weighted by Gasteiger charge is -2.45. The van der Waals surface area contributed by atoms with Gasteiger partial charge in [-0.1, -0.05) is 31.5 Å². The van der Waals surface area contributed by atoms with E-state index in [0.717, 1.165) is 43.6 Å². The van der Waals surface area contributed by atoms with Crippen LogP contribution in [0.2, 0.25) is 0 Å². The van der Waals surface area contributed by atoms with Gasteiger partial charge in [0.1, 0.15) is 0 Å². The summed E-state index contributed by atoms with van der Waals surface area (Å²) in [5, 5.41) is 3.10. The largest absolute Gasteiger partial charge is 0.504 e. The Kier molecular flexibility index (Phi) is 4.91. The molecule has 6 heteroatoms. The van der Waals surface area contributed by atoms with E-state index in [4.69, 9.17) is 9.47 Å². The summed E-state index contributed by atoms with van der Waals surface area (Å²) < 4.78 is 10.3. The number of para-hydroxylation sites is 1. The van der Waals surface area contributed by atoms with Gasteiger partial charge in [0.25, 0.3) is 0 Å². The van der Waals surface area contributed by atoms with Crippen molar-refractivity contribution in [3.05, 3.63) is 41.7 Å². The van der Waals surface area contributed by atoms with E-state index in [9.17, 15) is 9.59 Å². The van der Waals surface area contributed by atoms with Crippen LogP contribution in [-0.2, 0) is 24.5 Å². The Bertz CT molecular complexity index is 821. The number of piperidine rings is 1. The molecule has 1 N–H and O–H groups in total. The highest BCUT2D eigenvalue weighted by Gasteiger charge is 2.60. The third-order valence-corrected chi connectivity index (χ3v) is 6.97. The summed E-state index contributed by atoms with van der Waals surface area (Å²) in [5.41, 5.74) is 2.05. The van der Waals surface area contributed by atoms with Gasteiger partial charge in [0.05, 0.1) is 31.5 Å². The Morgan fingerprint density at radius 2 is 2.14 bits per heavy atom. The van der Waals surface area contributed by atoms with E-state index < -0.39 is 5.41 Å². The summed E-state index contributed by atoms with van der Waals surface area (Å²) in [6.07, 6.45) is 4.04. The van der Waals surface area contributed by atoms with Crippen LogP contribution in [0, 0.1) is 11.8 Å². The lowest BCUT2D eigenvalue weighted by molar-refractivity contribution is -0.137. The molecule has 4 rings (SSSR count). The molecule has 0 saturated carbocycles. The Labute approximate surface area is 165 Å². The maximum absolute atomic E-state index is 13.2. The minimum Gasteiger partial charge on any atom is -0.504 e. The van der Waals surface area contributed by atoms with Crippen molar-refractivity contribution in [1.82, 2.24) is 4.90 Å². The van der Waals surface area contributed by atoms with Crippen molar-refractivity contribution >= 4 is 17.6 Å². The van der Waals surface area contributed by atoms with Gasteiger partial charge in [-0.3, -0.25) is 9.69 Å². The van der Waals surface area contributed by atoms with Crippen LogP contribution in [0.25, 0.3) is 0 Å². The van der Waals surface area contributed by atoms with Gasteiger partial charge in [0.2, 0.25) is 5.91 Å². The van der Waals surface area contributed by atoms with E-state index in [0.29, 0.717) is 11.5 Å². The number of amides is 1. The maximum atomic E-state index is 13.2. The summed E-state index contributed by atoms with van der Waals surface area (Å²) in [6, 6.07) is 8.07. The molecule has 1 spiro atoms. The zero-order valence-electron chi connectivity index (χ0n) is 16.7. The summed E-state index contributed by atoms with van der Waals surface area (Å²) in [6.45, 7) is 3.93. The number of esters is 1. The fourth-order valence-electron chi connectivity index (χ4n) is 5.63. The molecule has 6 nitrogen and oxygen atoms in total. The molecule has 2 fully saturated rings. The molecule has 0 radical (unpaired) electrons. The highest BCUT2D eigenvalue weighted by atomic mass is 16.5. The summed E-state index contributed by atoms with van der Waals surface area (Å²) >= 11 is 0. The normalized spacial score (nSPS) is 32.0. The van der Waals surface area contributed by atoms with Gasteiger partial charge in [0, 0.05) is 18.3 Å². The minimum atomic E-state index is -0.540. The Morgan fingerprint density at radius 1 is 1.36 bits per heavy atom. The minimum absolute atomic E-state index is 0.00851. The predicted octanol–water partition coefficient (Wildman–Crippen LogP) is 2.70. The van der Waals surface area contributed by atoms with Crippen LogP contribution in [0.5, 0.6) is 0 Å². The molecule has 0 aromatic heterocycles. The van der Waals surface area contributed by atoms with E-state index in [-0.39, 0.29) is 23.8 Å². The Hall–Kier alpha value is -2.34. The lowest BCUT2D eigenvalue weighted by atomic mass is 9.67. The molecule has 3 aliphatic rings. The average Bonchev–Trinajstić information content (AvgIpc) is 3.23. The molecule has 1 amide bonds. The van der Waals surface area contributed by atoms with Crippen molar-refractivity contribution in [1.29, 1.82) is 0 Å². The van der Waals surface area contributed by atoms with Crippen molar-refractivity contribution in [2.75, 3.05) is 32.6 Å². The Balaban J connectivity index is 1.74. The molecule has 1 aromatic carbocycles. The molecule has 2 saturated heterocycles. The molecule has 1 aromatic rings. The van der Waals surface area contributed by atoms with Gasteiger partial charge in [-0.2, -0.15) is 0 Å². The van der Waals surface area contributed by atoms with E-state index in [1.165, 1.54) is 13.4 Å². The van der Waals surface area contributed by atoms with Crippen LogP contribution < -0.4 is 5.32 Å². The zero-order chi connectivity index (χ0) is 19.9. The standard InChI is InChI=1S/C22H28N2O4/c1-4-14-12-24-10-9-22(17-7-5-6-8-18(17)23-21(22)26)19(24)11-15(14)16(13-27-2)20(25)28-3/h5-8,13-15,19H,4,9-12H2,1-3H3,(H,23,26)/b16-13-/t14-,15-,19-,22-/m1/s1. The van der Waals surface area contributed by atoms with Crippen molar-refractivity contribution in [2.45, 2.75) is 37.6 Å².